The average molecular weight is 770 g/mol. The lowest BCUT2D eigenvalue weighted by atomic mass is 10.0. The lowest BCUT2D eigenvalue weighted by Gasteiger charge is -2.10. The number of benzene rings is 4. The van der Waals surface area contributed by atoms with Crippen molar-refractivity contribution in [2.45, 2.75) is 20.8 Å². The first kappa shape index (κ1) is 34.5. The molecule has 2 N–H and O–H groups in total. The third kappa shape index (κ3) is 5.52. The van der Waals surface area contributed by atoms with Gasteiger partial charge in [0.05, 0.1) is 39.3 Å². The summed E-state index contributed by atoms with van der Waals surface area (Å²) in [7, 11) is 0. The number of fused-ring (bicyclic) bond motifs is 6. The number of hydrogen-bond donors (Lipinski definition) is 2. The summed E-state index contributed by atoms with van der Waals surface area (Å²) >= 11 is 19.0. The van der Waals surface area contributed by atoms with Gasteiger partial charge in [0, 0.05) is 15.6 Å². The normalized spacial score (nSPS) is 11.9. The van der Waals surface area contributed by atoms with Crippen LogP contribution in [0.2, 0.25) is 15.1 Å². The zero-order chi connectivity index (χ0) is 38.0. The second-order valence-electron chi connectivity index (χ2n) is 12.4. The maximum atomic E-state index is 11.3. The van der Waals surface area contributed by atoms with Crippen molar-refractivity contribution in [1.29, 1.82) is 5.26 Å². The molecule has 0 saturated carbocycles. The van der Waals surface area contributed by atoms with Gasteiger partial charge in [-0.2, -0.15) is 10.4 Å². The molecule has 0 amide bonds. The molecule has 8 rings (SSSR count). The zero-order valence-electron chi connectivity index (χ0n) is 28.4. The lowest BCUT2D eigenvalue weighted by molar-refractivity contribution is 0.448. The van der Waals surface area contributed by atoms with E-state index in [1.54, 1.807) is 68.4 Å². The van der Waals surface area contributed by atoms with E-state index in [4.69, 9.17) is 41.4 Å². The van der Waals surface area contributed by atoms with Crippen molar-refractivity contribution in [3.63, 3.8) is 0 Å². The number of pyridine rings is 2. The quantitative estimate of drug-likeness (QED) is 0.132. The van der Waals surface area contributed by atoms with E-state index in [1.165, 1.54) is 8.80 Å². The molecule has 0 spiro atoms. The molecule has 12 nitrogen and oxygen atoms in total. The minimum Gasteiger partial charge on any atom is -0.493 e. The molecule has 0 radical (unpaired) electrons. The first-order valence-corrected chi connectivity index (χ1v) is 17.3. The Balaban J connectivity index is 1.09. The van der Waals surface area contributed by atoms with Gasteiger partial charge < -0.3 is 10.2 Å². The molecule has 0 atom stereocenters. The van der Waals surface area contributed by atoms with Crippen molar-refractivity contribution in [3.8, 4) is 29.0 Å². The molecule has 4 aromatic heterocycles. The van der Waals surface area contributed by atoms with Gasteiger partial charge in [0.2, 0.25) is 17.4 Å². The van der Waals surface area contributed by atoms with Gasteiger partial charge in [0.15, 0.2) is 11.3 Å². The van der Waals surface area contributed by atoms with Gasteiger partial charge in [0.1, 0.15) is 28.7 Å². The fraction of sp³-hybridized carbons (Fsp3) is 0.0769. The molecule has 0 aliphatic carbocycles. The van der Waals surface area contributed by atoms with E-state index in [-0.39, 0.29) is 40.0 Å². The van der Waals surface area contributed by atoms with Gasteiger partial charge >= 0.3 is 0 Å². The van der Waals surface area contributed by atoms with Gasteiger partial charge in [-0.1, -0.05) is 46.9 Å². The van der Waals surface area contributed by atoms with Gasteiger partial charge in [-0.05, 0) is 104 Å². The molecule has 0 unspecified atom stereocenters. The van der Waals surface area contributed by atoms with E-state index in [9.17, 15) is 15.5 Å². The van der Waals surface area contributed by atoms with Crippen LogP contribution in [0, 0.1) is 38.7 Å². The van der Waals surface area contributed by atoms with Gasteiger partial charge in [-0.3, -0.25) is 8.80 Å². The van der Waals surface area contributed by atoms with Crippen LogP contribution in [0.4, 0.5) is 28.4 Å². The van der Waals surface area contributed by atoms with E-state index >= 15 is 0 Å². The Kier molecular flexibility index (Phi) is 8.39. The number of nitrogens with zero attached hydrogens (tertiary/aromatic N) is 10. The Labute approximate surface area is 321 Å². The summed E-state index contributed by atoms with van der Waals surface area (Å²) < 4.78 is 2.93. The molecule has 0 saturated heterocycles. The number of hydrogen-bond acceptors (Lipinski definition) is 9. The number of imidazole rings is 2. The monoisotopic (exact) mass is 768 g/mol. The maximum absolute atomic E-state index is 11.3. The van der Waals surface area contributed by atoms with Crippen molar-refractivity contribution < 1.29 is 10.2 Å². The maximum Gasteiger partial charge on any atom is 0.234 e. The lowest BCUT2D eigenvalue weighted by Crippen LogP contribution is -1.95. The summed E-state index contributed by atoms with van der Waals surface area (Å²) in [5.41, 5.74) is 7.73. The van der Waals surface area contributed by atoms with Crippen LogP contribution < -0.4 is 0 Å². The fourth-order valence-electron chi connectivity index (χ4n) is 6.41. The molecule has 0 aliphatic rings. The van der Waals surface area contributed by atoms with Crippen LogP contribution in [-0.4, -0.2) is 29.0 Å². The van der Waals surface area contributed by atoms with E-state index in [1.807, 2.05) is 25.1 Å². The van der Waals surface area contributed by atoms with E-state index in [0.29, 0.717) is 65.3 Å². The standard InChI is InChI=1S/C39H23Cl3N10O2/c1-18-13-21(5-9-27(18)47-50-35-20(3)33(44-4)37-46-30-16-24(41)8-12-32(30)52(37)39(35)54)22-6-10-28(26(42)14-22)48-49-34-19(2)25(17-43)36-45-29-15-23(40)7-11-31(29)51(36)38(34)53/h5-16,53-54H,1-3H3. The molecule has 4 aromatic carbocycles. The number of nitriles is 1. The fourth-order valence-corrected chi connectivity index (χ4v) is 6.96. The summed E-state index contributed by atoms with van der Waals surface area (Å²) in [6, 6.07) is 23.2. The van der Waals surface area contributed by atoms with Crippen LogP contribution in [-0.2, 0) is 0 Å². The number of halogens is 3. The minimum atomic E-state index is -0.228. The summed E-state index contributed by atoms with van der Waals surface area (Å²) in [5.74, 6) is -0.421. The Hall–Kier alpha value is -6.57. The second kappa shape index (κ2) is 13.1. The Morgan fingerprint density at radius 3 is 1.80 bits per heavy atom. The number of rotatable bonds is 5. The largest absolute Gasteiger partial charge is 0.493 e. The first-order chi connectivity index (χ1) is 26.0. The second-order valence-corrected chi connectivity index (χ2v) is 13.7. The molecule has 15 heteroatoms. The Morgan fingerprint density at radius 2 is 1.22 bits per heavy atom. The van der Waals surface area contributed by atoms with Crippen LogP contribution in [0.3, 0.4) is 0 Å². The summed E-state index contributed by atoms with van der Waals surface area (Å²) in [4.78, 5) is 12.7. The van der Waals surface area contributed by atoms with Crippen molar-refractivity contribution in [2.24, 2.45) is 20.5 Å². The average Bonchev–Trinajstić information content (AvgIpc) is 3.71. The van der Waals surface area contributed by atoms with E-state index < -0.39 is 0 Å². The topological polar surface area (TPSA) is 153 Å². The molecule has 54 heavy (non-hydrogen) atoms. The molecule has 4 heterocycles. The highest BCUT2D eigenvalue weighted by Gasteiger charge is 2.22. The van der Waals surface area contributed by atoms with Gasteiger partial charge in [0.25, 0.3) is 0 Å². The summed E-state index contributed by atoms with van der Waals surface area (Å²) in [6.45, 7) is 13.0. The number of aromatic hydroxyl groups is 2. The molecular formula is C39H23Cl3N10O2. The van der Waals surface area contributed by atoms with E-state index in [2.05, 4.69) is 41.3 Å². The molecule has 0 bridgehead atoms. The highest BCUT2D eigenvalue weighted by atomic mass is 35.5. The van der Waals surface area contributed by atoms with Crippen molar-refractivity contribution in [1.82, 2.24) is 18.8 Å². The number of azo groups is 2. The SMILES string of the molecule is [C-]#[N+]c1c(C)c(N=Nc2ccc(-c3ccc(N=Nc4c(C)c(C#N)c5nc6cc(Cl)ccc6n5c4O)c(Cl)c3)cc2C)c(O)n2c1nc1cc(Cl)ccc12. The Bertz CT molecular complexity index is 2870. The van der Waals surface area contributed by atoms with Crippen LogP contribution in [0.1, 0.15) is 22.3 Å². The Morgan fingerprint density at radius 1 is 0.685 bits per heavy atom. The highest BCUT2D eigenvalue weighted by molar-refractivity contribution is 6.33. The van der Waals surface area contributed by atoms with Crippen LogP contribution in [0.15, 0.2) is 93.3 Å². The molecular weight excluding hydrogens is 747 g/mol. The van der Waals surface area contributed by atoms with E-state index in [0.717, 1.165) is 16.7 Å². The predicted octanol–water partition coefficient (Wildman–Crippen LogP) is 12.5. The first-order valence-electron chi connectivity index (χ1n) is 16.2. The highest BCUT2D eigenvalue weighted by Crippen LogP contribution is 2.43. The molecule has 0 fully saturated rings. The van der Waals surface area contributed by atoms with Crippen LogP contribution in [0.25, 0.3) is 49.3 Å². The van der Waals surface area contributed by atoms with Crippen molar-refractivity contribution in [2.75, 3.05) is 0 Å². The van der Waals surface area contributed by atoms with Crippen LogP contribution >= 0.6 is 34.8 Å². The van der Waals surface area contributed by atoms with Gasteiger partial charge in [-0.25, -0.2) is 14.8 Å². The minimum absolute atomic E-state index is 0.103. The summed E-state index contributed by atoms with van der Waals surface area (Å²) in [6.07, 6.45) is 0. The zero-order valence-corrected chi connectivity index (χ0v) is 30.7. The molecule has 0 aliphatic heterocycles. The third-order valence-electron chi connectivity index (χ3n) is 9.17. The molecule has 262 valence electrons. The molecule has 8 aromatic rings. The van der Waals surface area contributed by atoms with Crippen molar-refractivity contribution >= 4 is 96.6 Å². The predicted molar refractivity (Wildman–Crippen MR) is 209 cm³/mol. The number of aromatic nitrogens is 4. The third-order valence-corrected chi connectivity index (χ3v) is 9.95. The summed E-state index contributed by atoms with van der Waals surface area (Å²) in [5, 5.41) is 51.3. The smallest absolute Gasteiger partial charge is 0.234 e. The van der Waals surface area contributed by atoms with Gasteiger partial charge in [-0.15, -0.1) is 15.3 Å². The van der Waals surface area contributed by atoms with Crippen molar-refractivity contribution in [3.05, 3.63) is 122 Å². The number of aryl methyl sites for hydroxylation is 1. The van der Waals surface area contributed by atoms with Crippen LogP contribution in [0.5, 0.6) is 11.8 Å².